The van der Waals surface area contributed by atoms with E-state index in [4.69, 9.17) is 0 Å². The van der Waals surface area contributed by atoms with E-state index in [1.165, 1.54) is 22.0 Å². The van der Waals surface area contributed by atoms with Crippen molar-refractivity contribution < 1.29 is 4.57 Å². The number of benzene rings is 2. The zero-order valence-corrected chi connectivity index (χ0v) is 9.44. The highest BCUT2D eigenvalue weighted by molar-refractivity contribution is 5.93. The third-order valence-corrected chi connectivity index (χ3v) is 3.12. The van der Waals surface area contributed by atoms with Gasteiger partial charge in [-0.05, 0) is 16.8 Å². The van der Waals surface area contributed by atoms with Gasteiger partial charge in [0.1, 0.15) is 12.6 Å². The Morgan fingerprint density at radius 2 is 1.75 bits per heavy atom. The molecular weight excluding hydrogens is 196 g/mol. The zero-order valence-electron chi connectivity index (χ0n) is 9.44. The lowest BCUT2D eigenvalue weighted by Crippen LogP contribution is -2.33. The lowest BCUT2D eigenvalue weighted by molar-refractivity contribution is -0.651. The fourth-order valence-corrected chi connectivity index (χ4v) is 2.03. The van der Waals surface area contributed by atoms with Gasteiger partial charge in [0.15, 0.2) is 5.69 Å². The number of nitrogens with zero attached hydrogens (tertiary/aromatic N) is 2. The van der Waals surface area contributed by atoms with Crippen LogP contribution < -0.4 is 4.57 Å². The van der Waals surface area contributed by atoms with Gasteiger partial charge < -0.3 is 0 Å². The zero-order chi connectivity index (χ0) is 11.1. The highest BCUT2D eigenvalue weighted by Crippen LogP contribution is 2.18. The van der Waals surface area contributed by atoms with Gasteiger partial charge in [-0.1, -0.05) is 24.3 Å². The Bertz CT molecular complexity index is 687. The third kappa shape index (κ3) is 1.27. The molecule has 0 amide bonds. The molecule has 16 heavy (non-hydrogen) atoms. The number of fused-ring (bicyclic) bond motifs is 2. The lowest BCUT2D eigenvalue weighted by Gasteiger charge is -2.01. The van der Waals surface area contributed by atoms with E-state index in [1.54, 1.807) is 0 Å². The maximum Gasteiger partial charge on any atom is 0.231 e. The SMILES string of the molecule is Cc1cnc2cc3ccccc3cc2[n+]1C. The van der Waals surface area contributed by atoms with E-state index in [0.717, 1.165) is 5.52 Å². The molecular formula is C14H13N2+. The molecule has 0 N–H and O–H groups in total. The second kappa shape index (κ2) is 3.27. The van der Waals surface area contributed by atoms with Crippen LogP contribution in [0.25, 0.3) is 21.8 Å². The van der Waals surface area contributed by atoms with Crippen molar-refractivity contribution >= 4 is 21.8 Å². The highest BCUT2D eigenvalue weighted by atomic mass is 15.0. The fraction of sp³-hybridized carbons (Fsp3) is 0.143. The molecule has 2 nitrogen and oxygen atoms in total. The normalized spacial score (nSPS) is 11.1. The maximum atomic E-state index is 4.47. The Labute approximate surface area is 94.2 Å². The van der Waals surface area contributed by atoms with Crippen molar-refractivity contribution in [3.05, 3.63) is 48.3 Å². The van der Waals surface area contributed by atoms with Crippen molar-refractivity contribution in [3.8, 4) is 0 Å². The highest BCUT2D eigenvalue weighted by Gasteiger charge is 2.09. The molecule has 0 unspecified atom stereocenters. The molecule has 2 aromatic carbocycles. The second-order valence-electron chi connectivity index (χ2n) is 4.15. The molecule has 3 rings (SSSR count). The first-order valence-corrected chi connectivity index (χ1v) is 5.40. The van der Waals surface area contributed by atoms with Crippen LogP contribution >= 0.6 is 0 Å². The maximum absolute atomic E-state index is 4.47. The molecule has 1 heterocycles. The summed E-state index contributed by atoms with van der Waals surface area (Å²) in [5.74, 6) is 0. The van der Waals surface area contributed by atoms with Crippen LogP contribution in [-0.2, 0) is 7.05 Å². The minimum Gasteiger partial charge on any atom is -0.243 e. The first-order valence-electron chi connectivity index (χ1n) is 5.40. The van der Waals surface area contributed by atoms with Crippen LogP contribution in [0, 0.1) is 6.92 Å². The van der Waals surface area contributed by atoms with Crippen molar-refractivity contribution in [3.63, 3.8) is 0 Å². The topological polar surface area (TPSA) is 16.8 Å². The summed E-state index contributed by atoms with van der Waals surface area (Å²) in [4.78, 5) is 4.47. The number of aromatic nitrogens is 2. The smallest absolute Gasteiger partial charge is 0.231 e. The number of rotatable bonds is 0. The largest absolute Gasteiger partial charge is 0.243 e. The number of aryl methyl sites for hydroxylation is 2. The molecule has 0 atom stereocenters. The summed E-state index contributed by atoms with van der Waals surface area (Å²) in [6.07, 6.45) is 1.91. The predicted molar refractivity (Wildman–Crippen MR) is 65.2 cm³/mol. The molecule has 2 heteroatoms. The van der Waals surface area contributed by atoms with E-state index >= 15 is 0 Å². The van der Waals surface area contributed by atoms with Crippen LogP contribution in [-0.4, -0.2) is 4.98 Å². The molecule has 0 bridgehead atoms. The summed E-state index contributed by atoms with van der Waals surface area (Å²) in [7, 11) is 2.08. The van der Waals surface area contributed by atoms with E-state index in [0.29, 0.717) is 0 Å². The van der Waals surface area contributed by atoms with Crippen LogP contribution in [0.5, 0.6) is 0 Å². The molecule has 1 aromatic heterocycles. The van der Waals surface area contributed by atoms with E-state index in [-0.39, 0.29) is 0 Å². The van der Waals surface area contributed by atoms with E-state index < -0.39 is 0 Å². The minimum absolute atomic E-state index is 1.05. The van der Waals surface area contributed by atoms with Gasteiger partial charge in [-0.15, -0.1) is 0 Å². The molecule has 0 saturated heterocycles. The van der Waals surface area contributed by atoms with Crippen LogP contribution in [0.15, 0.2) is 42.6 Å². The fourth-order valence-electron chi connectivity index (χ4n) is 2.03. The van der Waals surface area contributed by atoms with Gasteiger partial charge in [0.25, 0.3) is 0 Å². The van der Waals surface area contributed by atoms with Crippen LogP contribution in [0.4, 0.5) is 0 Å². The molecule has 3 aromatic rings. The molecule has 0 aliphatic heterocycles. The standard InChI is InChI=1S/C14H13N2/c1-10-9-15-13-7-11-5-3-4-6-12(11)8-14(13)16(10)2/h3-9H,1-2H3/q+1. The van der Waals surface area contributed by atoms with Gasteiger partial charge >= 0.3 is 0 Å². The molecule has 0 fully saturated rings. The van der Waals surface area contributed by atoms with Gasteiger partial charge in [-0.2, -0.15) is 4.57 Å². The van der Waals surface area contributed by atoms with Crippen LogP contribution in [0.1, 0.15) is 5.69 Å². The Morgan fingerprint density at radius 1 is 1.06 bits per heavy atom. The van der Waals surface area contributed by atoms with E-state index in [1.807, 2.05) is 6.20 Å². The first kappa shape index (κ1) is 9.28. The Kier molecular flexibility index (Phi) is 1.90. The molecule has 0 spiro atoms. The summed E-state index contributed by atoms with van der Waals surface area (Å²) in [6.45, 7) is 2.07. The van der Waals surface area contributed by atoms with Gasteiger partial charge in [-0.25, -0.2) is 4.98 Å². The molecule has 78 valence electrons. The third-order valence-electron chi connectivity index (χ3n) is 3.12. The average molecular weight is 209 g/mol. The Hall–Kier alpha value is -1.96. The molecule has 0 aliphatic rings. The molecule has 0 radical (unpaired) electrons. The summed E-state index contributed by atoms with van der Waals surface area (Å²) >= 11 is 0. The Balaban J connectivity index is 2.51. The van der Waals surface area contributed by atoms with Crippen molar-refractivity contribution in [1.29, 1.82) is 0 Å². The Morgan fingerprint density at radius 3 is 2.50 bits per heavy atom. The van der Waals surface area contributed by atoms with Crippen molar-refractivity contribution in [1.82, 2.24) is 4.98 Å². The van der Waals surface area contributed by atoms with Gasteiger partial charge in [0.05, 0.1) is 6.20 Å². The average Bonchev–Trinajstić information content (AvgIpc) is 2.32. The predicted octanol–water partition coefficient (Wildman–Crippen LogP) is 2.52. The quantitative estimate of drug-likeness (QED) is 0.410. The van der Waals surface area contributed by atoms with Crippen molar-refractivity contribution in [2.45, 2.75) is 6.92 Å². The van der Waals surface area contributed by atoms with E-state index in [2.05, 4.69) is 59.9 Å². The summed E-state index contributed by atoms with van der Waals surface area (Å²) < 4.78 is 2.18. The summed E-state index contributed by atoms with van der Waals surface area (Å²) in [5.41, 5.74) is 3.40. The van der Waals surface area contributed by atoms with Gasteiger partial charge in [0, 0.05) is 13.0 Å². The summed E-state index contributed by atoms with van der Waals surface area (Å²) in [6, 6.07) is 12.7. The van der Waals surface area contributed by atoms with Crippen LogP contribution in [0.2, 0.25) is 0 Å². The van der Waals surface area contributed by atoms with Crippen molar-refractivity contribution in [2.75, 3.05) is 0 Å². The lowest BCUT2D eigenvalue weighted by atomic mass is 10.1. The van der Waals surface area contributed by atoms with Gasteiger partial charge in [0.2, 0.25) is 5.52 Å². The monoisotopic (exact) mass is 209 g/mol. The van der Waals surface area contributed by atoms with Crippen molar-refractivity contribution in [2.24, 2.45) is 7.05 Å². The van der Waals surface area contributed by atoms with E-state index in [9.17, 15) is 0 Å². The van der Waals surface area contributed by atoms with Gasteiger partial charge in [-0.3, -0.25) is 0 Å². The molecule has 0 saturated carbocycles. The number of hydrogen-bond acceptors (Lipinski definition) is 1. The minimum atomic E-state index is 1.05. The van der Waals surface area contributed by atoms with Crippen LogP contribution in [0.3, 0.4) is 0 Å². The number of hydrogen-bond donors (Lipinski definition) is 0. The molecule has 0 aliphatic carbocycles. The summed E-state index contributed by atoms with van der Waals surface area (Å²) in [5, 5.41) is 2.50. The first-order chi connectivity index (χ1) is 7.75. The second-order valence-corrected chi connectivity index (χ2v) is 4.15.